The summed E-state index contributed by atoms with van der Waals surface area (Å²) in [6, 6.07) is 7.94. The summed E-state index contributed by atoms with van der Waals surface area (Å²) in [6.07, 6.45) is 4.16. The molecule has 0 saturated heterocycles. The Kier molecular flexibility index (Phi) is 4.43. The van der Waals surface area contributed by atoms with Crippen LogP contribution in [0.2, 0.25) is 0 Å². The lowest BCUT2D eigenvalue weighted by molar-refractivity contribution is 0.0734. The van der Waals surface area contributed by atoms with Crippen LogP contribution in [0, 0.1) is 0 Å². The molecule has 0 unspecified atom stereocenters. The van der Waals surface area contributed by atoms with Gasteiger partial charge in [-0.15, -0.1) is 0 Å². The number of hydrogen-bond acceptors (Lipinski definition) is 3. The Bertz CT molecular complexity index is 703. The third kappa shape index (κ3) is 3.14. The number of amides is 1. The maximum Gasteiger partial charge on any atom is 0.255 e. The van der Waals surface area contributed by atoms with Crippen LogP contribution in [0.15, 0.2) is 41.1 Å². The maximum atomic E-state index is 12.6. The molecule has 0 aliphatic carbocycles. The molecule has 1 aromatic carbocycles. The molecule has 1 aliphatic rings. The molecule has 0 N–H and O–H groups in total. The van der Waals surface area contributed by atoms with E-state index in [0.29, 0.717) is 18.7 Å². The van der Waals surface area contributed by atoms with Crippen molar-refractivity contribution >= 4 is 21.8 Å². The zero-order chi connectivity index (χ0) is 15.5. The zero-order valence-corrected chi connectivity index (χ0v) is 14.0. The first-order valence-electron chi connectivity index (χ1n) is 7.32. The van der Waals surface area contributed by atoms with Crippen LogP contribution in [0.1, 0.15) is 28.4 Å². The molecular formula is C17H17BrN2O2. The van der Waals surface area contributed by atoms with Gasteiger partial charge in [-0.25, -0.2) is 0 Å². The summed E-state index contributed by atoms with van der Waals surface area (Å²) >= 11 is 3.36. The van der Waals surface area contributed by atoms with E-state index in [9.17, 15) is 4.79 Å². The summed E-state index contributed by atoms with van der Waals surface area (Å²) in [7, 11) is 0. The number of rotatable bonds is 3. The van der Waals surface area contributed by atoms with E-state index in [-0.39, 0.29) is 5.91 Å². The summed E-state index contributed by atoms with van der Waals surface area (Å²) in [5, 5.41) is 0. The molecule has 4 nitrogen and oxygen atoms in total. The molecule has 0 bridgehead atoms. The highest BCUT2D eigenvalue weighted by Crippen LogP contribution is 2.25. The van der Waals surface area contributed by atoms with Crippen molar-refractivity contribution < 1.29 is 9.53 Å². The Morgan fingerprint density at radius 1 is 1.32 bits per heavy atom. The normalized spacial score (nSPS) is 13.6. The molecule has 0 saturated carbocycles. The minimum absolute atomic E-state index is 0.0151. The number of aromatic nitrogens is 1. The molecule has 0 atom stereocenters. The fourth-order valence-corrected chi connectivity index (χ4v) is 3.04. The average molecular weight is 361 g/mol. The van der Waals surface area contributed by atoms with Gasteiger partial charge in [0.1, 0.15) is 5.75 Å². The van der Waals surface area contributed by atoms with Crippen molar-refractivity contribution in [2.24, 2.45) is 0 Å². The Hall–Kier alpha value is -1.88. The highest BCUT2D eigenvalue weighted by molar-refractivity contribution is 9.10. The van der Waals surface area contributed by atoms with Gasteiger partial charge in [0.2, 0.25) is 0 Å². The summed E-state index contributed by atoms with van der Waals surface area (Å²) in [5.41, 5.74) is 3.06. The standard InChI is InChI=1S/C17H17BrN2O2/c1-2-22-16-4-3-12-5-6-20(11-14(12)8-16)17(21)13-7-15(18)10-19-9-13/h3-4,7-10H,2,5-6,11H2,1H3. The van der Waals surface area contributed by atoms with Crippen LogP contribution in [0.25, 0.3) is 0 Å². The first kappa shape index (κ1) is 15.0. The van der Waals surface area contributed by atoms with E-state index in [2.05, 4.69) is 27.0 Å². The summed E-state index contributed by atoms with van der Waals surface area (Å²) in [6.45, 7) is 3.95. The highest BCUT2D eigenvalue weighted by Gasteiger charge is 2.22. The lowest BCUT2D eigenvalue weighted by Crippen LogP contribution is -2.36. The monoisotopic (exact) mass is 360 g/mol. The maximum absolute atomic E-state index is 12.6. The second-order valence-electron chi connectivity index (χ2n) is 5.23. The number of fused-ring (bicyclic) bond motifs is 1. The summed E-state index contributed by atoms with van der Waals surface area (Å²) in [4.78, 5) is 18.5. The fourth-order valence-electron chi connectivity index (χ4n) is 2.67. The minimum Gasteiger partial charge on any atom is -0.494 e. The van der Waals surface area contributed by atoms with Crippen LogP contribution >= 0.6 is 15.9 Å². The molecule has 2 heterocycles. The smallest absolute Gasteiger partial charge is 0.255 e. The van der Waals surface area contributed by atoms with Gasteiger partial charge < -0.3 is 9.64 Å². The van der Waals surface area contributed by atoms with Crippen molar-refractivity contribution in [1.82, 2.24) is 9.88 Å². The van der Waals surface area contributed by atoms with E-state index < -0.39 is 0 Å². The first-order chi connectivity index (χ1) is 10.7. The quantitative estimate of drug-likeness (QED) is 0.841. The van der Waals surface area contributed by atoms with Gasteiger partial charge in [0.25, 0.3) is 5.91 Å². The zero-order valence-electron chi connectivity index (χ0n) is 12.4. The van der Waals surface area contributed by atoms with Crippen molar-refractivity contribution in [3.63, 3.8) is 0 Å². The Balaban J connectivity index is 1.81. The lowest BCUT2D eigenvalue weighted by Gasteiger charge is -2.29. The molecule has 1 aliphatic heterocycles. The van der Waals surface area contributed by atoms with E-state index >= 15 is 0 Å². The number of carbonyl (C=O) groups is 1. The van der Waals surface area contributed by atoms with E-state index in [1.807, 2.05) is 30.0 Å². The summed E-state index contributed by atoms with van der Waals surface area (Å²) in [5.74, 6) is 0.876. The van der Waals surface area contributed by atoms with Gasteiger partial charge in [-0.1, -0.05) is 6.07 Å². The number of halogens is 1. The van der Waals surface area contributed by atoms with Crippen LogP contribution < -0.4 is 4.74 Å². The lowest BCUT2D eigenvalue weighted by atomic mass is 9.99. The topological polar surface area (TPSA) is 42.4 Å². The molecule has 0 spiro atoms. The molecule has 114 valence electrons. The predicted octanol–water partition coefficient (Wildman–Crippen LogP) is 3.44. The number of ether oxygens (including phenoxy) is 1. The van der Waals surface area contributed by atoms with Crippen LogP contribution in [0.3, 0.4) is 0 Å². The van der Waals surface area contributed by atoms with Crippen molar-refractivity contribution in [3.05, 3.63) is 57.8 Å². The van der Waals surface area contributed by atoms with Gasteiger partial charge in [0, 0.05) is 30.0 Å². The van der Waals surface area contributed by atoms with Gasteiger partial charge in [-0.3, -0.25) is 9.78 Å². The van der Waals surface area contributed by atoms with Crippen molar-refractivity contribution in [3.8, 4) is 5.75 Å². The molecule has 1 amide bonds. The Morgan fingerprint density at radius 2 is 2.18 bits per heavy atom. The number of benzene rings is 1. The average Bonchev–Trinajstić information content (AvgIpc) is 2.54. The van der Waals surface area contributed by atoms with Gasteiger partial charge >= 0.3 is 0 Å². The second kappa shape index (κ2) is 6.48. The van der Waals surface area contributed by atoms with Crippen molar-refractivity contribution in [2.45, 2.75) is 19.9 Å². The van der Waals surface area contributed by atoms with Gasteiger partial charge in [0.15, 0.2) is 0 Å². The van der Waals surface area contributed by atoms with Gasteiger partial charge in [-0.2, -0.15) is 0 Å². The van der Waals surface area contributed by atoms with E-state index in [4.69, 9.17) is 4.74 Å². The van der Waals surface area contributed by atoms with Crippen LogP contribution in [-0.4, -0.2) is 28.9 Å². The number of hydrogen-bond donors (Lipinski definition) is 0. The fraction of sp³-hybridized carbons (Fsp3) is 0.294. The third-order valence-corrected chi connectivity index (χ3v) is 4.17. The molecule has 2 aromatic rings. The van der Waals surface area contributed by atoms with Crippen LogP contribution in [0.5, 0.6) is 5.75 Å². The first-order valence-corrected chi connectivity index (χ1v) is 8.11. The van der Waals surface area contributed by atoms with Crippen molar-refractivity contribution in [1.29, 1.82) is 0 Å². The largest absolute Gasteiger partial charge is 0.494 e. The van der Waals surface area contributed by atoms with Gasteiger partial charge in [0.05, 0.1) is 12.2 Å². The number of nitrogens with zero attached hydrogens (tertiary/aromatic N) is 2. The SMILES string of the molecule is CCOc1ccc2c(c1)CN(C(=O)c1cncc(Br)c1)CC2. The molecule has 0 fully saturated rings. The second-order valence-corrected chi connectivity index (χ2v) is 6.15. The molecule has 3 rings (SSSR count). The summed E-state index contributed by atoms with van der Waals surface area (Å²) < 4.78 is 6.36. The highest BCUT2D eigenvalue weighted by atomic mass is 79.9. The predicted molar refractivity (Wildman–Crippen MR) is 88.0 cm³/mol. The third-order valence-electron chi connectivity index (χ3n) is 3.74. The molecular weight excluding hydrogens is 344 g/mol. The van der Waals surface area contributed by atoms with Crippen molar-refractivity contribution in [2.75, 3.05) is 13.2 Å². The van der Waals surface area contributed by atoms with Crippen LogP contribution in [0.4, 0.5) is 0 Å². The van der Waals surface area contributed by atoms with E-state index in [0.717, 1.165) is 28.8 Å². The number of carbonyl (C=O) groups excluding carboxylic acids is 1. The van der Waals surface area contributed by atoms with Gasteiger partial charge in [-0.05, 0) is 58.6 Å². The number of pyridine rings is 1. The Labute approximate surface area is 138 Å². The van der Waals surface area contributed by atoms with Crippen LogP contribution in [-0.2, 0) is 13.0 Å². The Morgan fingerprint density at radius 3 is 2.95 bits per heavy atom. The molecule has 22 heavy (non-hydrogen) atoms. The molecule has 5 heteroatoms. The molecule has 0 radical (unpaired) electrons. The minimum atomic E-state index is 0.0151. The van der Waals surface area contributed by atoms with E-state index in [1.165, 1.54) is 5.56 Å². The molecule has 1 aromatic heterocycles. The van der Waals surface area contributed by atoms with E-state index in [1.54, 1.807) is 12.4 Å².